The van der Waals surface area contributed by atoms with Gasteiger partial charge in [-0.1, -0.05) is 30.3 Å². The van der Waals surface area contributed by atoms with Crippen LogP contribution in [0.25, 0.3) is 0 Å². The maximum Gasteiger partial charge on any atom is 0.325 e. The van der Waals surface area contributed by atoms with Crippen LogP contribution in [0.3, 0.4) is 0 Å². The number of hydrogen-bond donors (Lipinski definition) is 0. The Kier molecular flexibility index (Phi) is 16.2. The van der Waals surface area contributed by atoms with Crippen molar-refractivity contribution in [3.05, 3.63) is 80.1 Å². The van der Waals surface area contributed by atoms with Gasteiger partial charge in [-0.05, 0) is 89.2 Å². The molecule has 14 nitrogen and oxygen atoms in total. The van der Waals surface area contributed by atoms with Crippen LogP contribution in [0.5, 0.6) is 0 Å². The Morgan fingerprint density at radius 2 is 0.918 bits per heavy atom. The summed E-state index contributed by atoms with van der Waals surface area (Å²) in [6.07, 6.45) is -0.339. The maximum atomic E-state index is 12.5. The van der Waals surface area contributed by atoms with Gasteiger partial charge in [-0.15, -0.1) is 0 Å². The maximum absolute atomic E-state index is 12.5. The second kappa shape index (κ2) is 18.0. The largest absolute Gasteiger partial charge is 0.460 e. The van der Waals surface area contributed by atoms with Crippen LogP contribution in [0.2, 0.25) is 0 Å². The lowest BCUT2D eigenvalue weighted by atomic mass is 9.96. The van der Waals surface area contributed by atoms with Gasteiger partial charge >= 0.3 is 29.6 Å². The van der Waals surface area contributed by atoms with Gasteiger partial charge in [0, 0.05) is 12.1 Å². The zero-order valence-electron chi connectivity index (χ0n) is 30.1. The Bertz CT molecular complexity index is 1430. The number of carbonyl (C=O) groups excluding carboxylic acids is 4. The summed E-state index contributed by atoms with van der Waals surface area (Å²) in [5.41, 5.74) is -3.70. The van der Waals surface area contributed by atoms with Crippen molar-refractivity contribution in [2.24, 2.45) is 0 Å². The number of para-hydroxylation sites is 2. The third kappa shape index (κ3) is 19.5. The van der Waals surface area contributed by atoms with Crippen LogP contribution in [0, 0.1) is 26.0 Å². The van der Waals surface area contributed by atoms with Gasteiger partial charge in [0.15, 0.2) is 5.92 Å². The lowest BCUT2D eigenvalue weighted by Crippen LogP contribution is -2.35. The molecular formula is C34H47FN2O12. The molecular weight excluding hydrogens is 647 g/mol. The molecule has 0 aliphatic rings. The van der Waals surface area contributed by atoms with Crippen molar-refractivity contribution in [3.63, 3.8) is 0 Å². The number of nitro benzene ring substituents is 2. The van der Waals surface area contributed by atoms with Gasteiger partial charge in [-0.3, -0.25) is 39.4 Å². The van der Waals surface area contributed by atoms with E-state index >= 15 is 0 Å². The number of ether oxygens (including phenoxy) is 4. The van der Waals surface area contributed by atoms with Crippen molar-refractivity contribution < 1.29 is 52.4 Å². The van der Waals surface area contributed by atoms with Gasteiger partial charge in [-0.25, -0.2) is 0 Å². The molecule has 0 bridgehead atoms. The number of carbonyl (C=O) groups is 4. The molecule has 0 amide bonds. The van der Waals surface area contributed by atoms with E-state index in [0.717, 1.165) is 12.1 Å². The first-order valence-corrected chi connectivity index (χ1v) is 15.0. The van der Waals surface area contributed by atoms with E-state index in [1.165, 1.54) is 36.4 Å². The third-order valence-corrected chi connectivity index (χ3v) is 4.91. The molecule has 0 radical (unpaired) electrons. The highest BCUT2D eigenvalue weighted by atomic mass is 19.1. The molecule has 49 heavy (non-hydrogen) atoms. The molecule has 0 unspecified atom stereocenters. The summed E-state index contributed by atoms with van der Waals surface area (Å²) < 4.78 is 32.9. The van der Waals surface area contributed by atoms with E-state index in [1.807, 2.05) is 0 Å². The fourth-order valence-corrected chi connectivity index (χ4v) is 3.44. The normalized spacial score (nSPS) is 11.5. The predicted octanol–water partition coefficient (Wildman–Crippen LogP) is 7.16. The lowest BCUT2D eigenvalue weighted by molar-refractivity contribution is -0.387. The van der Waals surface area contributed by atoms with E-state index < -0.39 is 73.6 Å². The summed E-state index contributed by atoms with van der Waals surface area (Å²) in [6.45, 7) is 20.4. The van der Waals surface area contributed by atoms with E-state index in [9.17, 15) is 43.8 Å². The predicted molar refractivity (Wildman–Crippen MR) is 177 cm³/mol. The Morgan fingerprint density at radius 3 is 1.22 bits per heavy atom. The van der Waals surface area contributed by atoms with Gasteiger partial charge in [0.25, 0.3) is 5.69 Å². The standard InChI is InChI=1S/C17H23NO6.C11H20O4.C6H4FNO2/c1-16(2,3)23-14(19)13(15(20)24-17(4,5)6)11-9-7-8-10-12(11)18(21)22;1-10(2,3)14-8(12)7-9(13)15-11(4,5)6;7-5-3-1-2-4-6(5)8(9)10/h7-10,13H,1-6H3;7H2,1-6H3;1-4H. The van der Waals surface area contributed by atoms with Crippen molar-refractivity contribution in [1.29, 1.82) is 0 Å². The molecule has 15 heteroatoms. The Hall–Kier alpha value is -4.95. The van der Waals surface area contributed by atoms with Crippen molar-refractivity contribution >= 4 is 35.3 Å². The molecule has 0 aromatic heterocycles. The van der Waals surface area contributed by atoms with Crippen LogP contribution >= 0.6 is 0 Å². The monoisotopic (exact) mass is 694 g/mol. The molecule has 2 aromatic carbocycles. The van der Waals surface area contributed by atoms with E-state index in [-0.39, 0.29) is 17.7 Å². The number of hydrogen-bond acceptors (Lipinski definition) is 12. The summed E-state index contributed by atoms with van der Waals surface area (Å²) in [5.74, 6) is -5.21. The lowest BCUT2D eigenvalue weighted by Gasteiger charge is -2.26. The summed E-state index contributed by atoms with van der Waals surface area (Å²) in [6, 6.07) is 10.6. The van der Waals surface area contributed by atoms with Crippen molar-refractivity contribution in [2.45, 2.75) is 118 Å². The van der Waals surface area contributed by atoms with Crippen LogP contribution < -0.4 is 0 Å². The molecule has 0 aliphatic carbocycles. The topological polar surface area (TPSA) is 191 Å². The number of halogens is 1. The molecule has 272 valence electrons. The van der Waals surface area contributed by atoms with E-state index in [0.29, 0.717) is 0 Å². The fraction of sp³-hybridized carbons (Fsp3) is 0.529. The Labute approximate surface area is 285 Å². The van der Waals surface area contributed by atoms with E-state index in [1.54, 1.807) is 83.1 Å². The van der Waals surface area contributed by atoms with Crippen LogP contribution in [0.4, 0.5) is 15.8 Å². The molecule has 0 N–H and O–H groups in total. The summed E-state index contributed by atoms with van der Waals surface area (Å²) in [5, 5.41) is 21.2. The zero-order chi connectivity index (χ0) is 38.5. The molecule has 0 heterocycles. The number of benzene rings is 2. The highest BCUT2D eigenvalue weighted by molar-refractivity contribution is 6.02. The quantitative estimate of drug-likeness (QED) is 0.0935. The van der Waals surface area contributed by atoms with Gasteiger partial charge in [-0.2, -0.15) is 4.39 Å². The fourth-order valence-electron chi connectivity index (χ4n) is 3.44. The minimum Gasteiger partial charge on any atom is -0.460 e. The molecule has 0 aliphatic heterocycles. The molecule has 2 rings (SSSR count). The Morgan fingerprint density at radius 1 is 0.592 bits per heavy atom. The molecule has 0 fully saturated rings. The van der Waals surface area contributed by atoms with Crippen LogP contribution in [-0.2, 0) is 38.1 Å². The van der Waals surface area contributed by atoms with Gasteiger partial charge < -0.3 is 18.9 Å². The zero-order valence-corrected chi connectivity index (χ0v) is 30.1. The number of esters is 4. The second-order valence-electron chi connectivity index (χ2n) is 14.4. The SMILES string of the molecule is CC(C)(C)OC(=O)C(C(=O)OC(C)(C)C)c1ccccc1[N+](=O)[O-].CC(C)(C)OC(=O)CC(=O)OC(C)(C)C.O=[N+]([O-])c1ccccc1F. The number of nitro groups is 2. The first-order chi connectivity index (χ1) is 22.0. The molecule has 0 saturated carbocycles. The highest BCUT2D eigenvalue weighted by Crippen LogP contribution is 2.31. The Balaban J connectivity index is 0.000000782. The minimum absolute atomic E-state index is 0.0500. The van der Waals surface area contributed by atoms with E-state index in [2.05, 4.69) is 0 Å². The van der Waals surface area contributed by atoms with Crippen LogP contribution in [0.15, 0.2) is 48.5 Å². The van der Waals surface area contributed by atoms with Crippen molar-refractivity contribution in [3.8, 4) is 0 Å². The van der Waals surface area contributed by atoms with Crippen molar-refractivity contribution in [1.82, 2.24) is 0 Å². The third-order valence-electron chi connectivity index (χ3n) is 4.91. The molecule has 0 spiro atoms. The molecule has 0 saturated heterocycles. The van der Waals surface area contributed by atoms with Gasteiger partial charge in [0.1, 0.15) is 28.8 Å². The molecule has 0 atom stereocenters. The number of rotatable bonds is 7. The average molecular weight is 695 g/mol. The second-order valence-corrected chi connectivity index (χ2v) is 14.4. The van der Waals surface area contributed by atoms with Crippen LogP contribution in [0.1, 0.15) is 101 Å². The van der Waals surface area contributed by atoms with E-state index in [4.69, 9.17) is 18.9 Å². The summed E-state index contributed by atoms with van der Waals surface area (Å²) >= 11 is 0. The average Bonchev–Trinajstić information content (AvgIpc) is 2.85. The smallest absolute Gasteiger partial charge is 0.325 e. The molecule has 2 aromatic rings. The minimum atomic E-state index is -1.52. The van der Waals surface area contributed by atoms with Gasteiger partial charge in [0.2, 0.25) is 5.82 Å². The number of nitrogens with zero attached hydrogens (tertiary/aromatic N) is 2. The highest BCUT2D eigenvalue weighted by Gasteiger charge is 2.40. The first kappa shape index (κ1) is 44.0. The van der Waals surface area contributed by atoms with Crippen molar-refractivity contribution in [2.75, 3.05) is 0 Å². The summed E-state index contributed by atoms with van der Waals surface area (Å²) in [4.78, 5) is 67.3. The van der Waals surface area contributed by atoms with Crippen LogP contribution in [-0.4, -0.2) is 56.1 Å². The first-order valence-electron chi connectivity index (χ1n) is 15.0. The van der Waals surface area contributed by atoms with Gasteiger partial charge in [0.05, 0.1) is 15.4 Å². The summed E-state index contributed by atoms with van der Waals surface area (Å²) in [7, 11) is 0.